The zero-order chi connectivity index (χ0) is 25.2. The lowest BCUT2D eigenvalue weighted by atomic mass is 10.2. The summed E-state index contributed by atoms with van der Waals surface area (Å²) in [5.74, 6) is -0.387. The van der Waals surface area contributed by atoms with Gasteiger partial charge in [-0.2, -0.15) is 5.26 Å². The van der Waals surface area contributed by atoms with Crippen LogP contribution in [-0.4, -0.2) is 36.3 Å². The smallest absolute Gasteiger partial charge is 0.296 e. The highest BCUT2D eigenvalue weighted by Gasteiger charge is 2.26. The van der Waals surface area contributed by atoms with Crippen molar-refractivity contribution in [1.29, 1.82) is 5.26 Å². The number of sulfonamides is 1. The van der Waals surface area contributed by atoms with Gasteiger partial charge in [-0.15, -0.1) is 0 Å². The molecule has 34 heavy (non-hydrogen) atoms. The molecule has 12 heteroatoms. The van der Waals surface area contributed by atoms with Crippen molar-refractivity contribution in [1.82, 2.24) is 9.36 Å². The molecular formula is C22H24N6O5S. The molecule has 1 atom stereocenters. The summed E-state index contributed by atoms with van der Waals surface area (Å²) in [6.07, 6.45) is 0. The van der Waals surface area contributed by atoms with E-state index < -0.39 is 26.2 Å². The van der Waals surface area contributed by atoms with Crippen molar-refractivity contribution in [3.8, 4) is 11.8 Å². The first-order chi connectivity index (χ1) is 16.0. The molecule has 0 bridgehead atoms. The average Bonchev–Trinajstić information content (AvgIpc) is 3.01. The number of anilines is 2. The number of nitro groups is 1. The highest BCUT2D eigenvalue weighted by molar-refractivity contribution is 7.92. The van der Waals surface area contributed by atoms with Crippen molar-refractivity contribution in [2.24, 2.45) is 13.0 Å². The van der Waals surface area contributed by atoms with Gasteiger partial charge in [0.25, 0.3) is 21.3 Å². The van der Waals surface area contributed by atoms with E-state index in [-0.39, 0.29) is 28.7 Å². The number of nitriles is 1. The minimum Gasteiger partial charge on any atom is -0.368 e. The third kappa shape index (κ3) is 4.65. The fourth-order valence-electron chi connectivity index (χ4n) is 3.57. The molecule has 3 aromatic rings. The standard InChI is InChI=1S/C22H24N6O5S/c1-15(13-23)14-25(3)19-11-10-18(12-20(19)28(30)31)34(32,33)24-21-16(2)26(4)27(22(21)29)17-8-6-5-7-9-17/h5-12,15,24H,14H2,1-4H3. The molecule has 178 valence electrons. The minimum atomic E-state index is -4.32. The van der Waals surface area contributed by atoms with Gasteiger partial charge in [-0.25, -0.2) is 13.1 Å². The molecule has 1 unspecified atom stereocenters. The number of nitrogens with one attached hydrogen (secondary N) is 1. The minimum absolute atomic E-state index is 0.155. The number of rotatable bonds is 8. The Labute approximate surface area is 196 Å². The second-order valence-corrected chi connectivity index (χ2v) is 9.54. The molecule has 0 aliphatic rings. The molecule has 1 N–H and O–H groups in total. The Morgan fingerprint density at radius 1 is 1.24 bits per heavy atom. The molecule has 1 heterocycles. The summed E-state index contributed by atoms with van der Waals surface area (Å²) in [7, 11) is -1.11. The Bertz CT molecular complexity index is 1440. The maximum Gasteiger partial charge on any atom is 0.296 e. The average molecular weight is 485 g/mol. The van der Waals surface area contributed by atoms with E-state index in [4.69, 9.17) is 5.26 Å². The number of aromatic nitrogens is 2. The lowest BCUT2D eigenvalue weighted by Crippen LogP contribution is -2.25. The molecular weight excluding hydrogens is 460 g/mol. The van der Waals surface area contributed by atoms with Crippen molar-refractivity contribution in [2.75, 3.05) is 23.2 Å². The van der Waals surface area contributed by atoms with Crippen LogP contribution in [0.15, 0.2) is 58.2 Å². The van der Waals surface area contributed by atoms with E-state index >= 15 is 0 Å². The summed E-state index contributed by atoms with van der Waals surface area (Å²) in [4.78, 5) is 25.2. The van der Waals surface area contributed by atoms with E-state index in [0.717, 1.165) is 6.07 Å². The summed E-state index contributed by atoms with van der Waals surface area (Å²) in [5.41, 5.74) is -0.0634. The SMILES string of the molecule is Cc1c(NS(=O)(=O)c2ccc(N(C)CC(C)C#N)c([N+](=O)[O-])c2)c(=O)n(-c2ccccc2)n1C. The topological polar surface area (TPSA) is 143 Å². The molecule has 0 spiro atoms. The fraction of sp³-hybridized carbons (Fsp3) is 0.273. The van der Waals surface area contributed by atoms with Crippen LogP contribution in [0, 0.1) is 34.3 Å². The molecule has 0 saturated heterocycles. The Morgan fingerprint density at radius 3 is 2.47 bits per heavy atom. The monoisotopic (exact) mass is 484 g/mol. The third-order valence-electron chi connectivity index (χ3n) is 5.42. The number of nitro benzene ring substituents is 1. The summed E-state index contributed by atoms with van der Waals surface area (Å²) < 4.78 is 31.3. The highest BCUT2D eigenvalue weighted by Crippen LogP contribution is 2.31. The number of hydrogen-bond donors (Lipinski definition) is 1. The van der Waals surface area contributed by atoms with Crippen LogP contribution in [0.4, 0.5) is 17.1 Å². The van der Waals surface area contributed by atoms with Crippen molar-refractivity contribution in [3.05, 3.63) is 74.7 Å². The van der Waals surface area contributed by atoms with E-state index in [1.165, 1.54) is 26.4 Å². The second kappa shape index (κ2) is 9.40. The van der Waals surface area contributed by atoms with Crippen LogP contribution in [-0.2, 0) is 17.1 Å². The molecule has 0 radical (unpaired) electrons. The normalized spacial score (nSPS) is 12.1. The van der Waals surface area contributed by atoms with E-state index in [9.17, 15) is 23.3 Å². The van der Waals surface area contributed by atoms with E-state index in [1.807, 2.05) is 0 Å². The molecule has 1 aromatic heterocycles. The molecule has 0 saturated carbocycles. The van der Waals surface area contributed by atoms with Gasteiger partial charge < -0.3 is 4.90 Å². The van der Waals surface area contributed by atoms with Crippen LogP contribution in [0.25, 0.3) is 5.69 Å². The first-order valence-electron chi connectivity index (χ1n) is 10.2. The van der Waals surface area contributed by atoms with Gasteiger partial charge in [-0.3, -0.25) is 24.3 Å². The maximum atomic E-state index is 13.1. The molecule has 2 aromatic carbocycles. The van der Waals surface area contributed by atoms with Crippen LogP contribution in [0.2, 0.25) is 0 Å². The van der Waals surface area contributed by atoms with Crippen molar-refractivity contribution in [2.45, 2.75) is 18.7 Å². The molecule has 0 amide bonds. The summed E-state index contributed by atoms with van der Waals surface area (Å²) >= 11 is 0. The molecule has 0 aliphatic carbocycles. The number of benzene rings is 2. The Hall–Kier alpha value is -4.11. The van der Waals surface area contributed by atoms with E-state index in [0.29, 0.717) is 11.4 Å². The predicted molar refractivity (Wildman–Crippen MR) is 128 cm³/mol. The zero-order valence-electron chi connectivity index (χ0n) is 19.1. The molecule has 11 nitrogen and oxygen atoms in total. The Balaban J connectivity index is 2.02. The Kier molecular flexibility index (Phi) is 6.78. The quantitative estimate of drug-likeness (QED) is 0.382. The molecule has 0 fully saturated rings. The molecule has 0 aliphatic heterocycles. The largest absolute Gasteiger partial charge is 0.368 e. The van der Waals surface area contributed by atoms with Gasteiger partial charge >= 0.3 is 0 Å². The van der Waals surface area contributed by atoms with Gasteiger partial charge in [0.05, 0.1) is 33.2 Å². The van der Waals surface area contributed by atoms with Crippen molar-refractivity contribution in [3.63, 3.8) is 0 Å². The van der Waals surface area contributed by atoms with Crippen molar-refractivity contribution >= 4 is 27.1 Å². The number of hydrogen-bond acceptors (Lipinski definition) is 7. The van der Waals surface area contributed by atoms with Crippen molar-refractivity contribution < 1.29 is 13.3 Å². The zero-order valence-corrected chi connectivity index (χ0v) is 19.9. The second-order valence-electron chi connectivity index (χ2n) is 7.86. The lowest BCUT2D eigenvalue weighted by Gasteiger charge is -2.20. The first-order valence-corrected chi connectivity index (χ1v) is 11.7. The van der Waals surface area contributed by atoms with E-state index in [1.54, 1.807) is 58.3 Å². The number of nitrogens with zero attached hydrogens (tertiary/aromatic N) is 5. The van der Waals surface area contributed by atoms with Crippen LogP contribution in [0.5, 0.6) is 0 Å². The van der Waals surface area contributed by atoms with Gasteiger partial charge in [0.2, 0.25) is 0 Å². The van der Waals surface area contributed by atoms with Gasteiger partial charge in [-0.1, -0.05) is 18.2 Å². The van der Waals surface area contributed by atoms with E-state index in [2.05, 4.69) is 10.8 Å². The molecule has 3 rings (SSSR count). The van der Waals surface area contributed by atoms with Gasteiger partial charge in [-0.05, 0) is 38.1 Å². The predicted octanol–water partition coefficient (Wildman–Crippen LogP) is 2.79. The van der Waals surface area contributed by atoms with Crippen LogP contribution in [0.3, 0.4) is 0 Å². The summed E-state index contributed by atoms with van der Waals surface area (Å²) in [6.45, 7) is 3.50. The lowest BCUT2D eigenvalue weighted by molar-refractivity contribution is -0.384. The summed E-state index contributed by atoms with van der Waals surface area (Å²) in [6, 6.07) is 14.3. The summed E-state index contributed by atoms with van der Waals surface area (Å²) in [5, 5.41) is 20.7. The first kappa shape index (κ1) is 24.5. The fourth-order valence-corrected chi connectivity index (χ4v) is 4.70. The third-order valence-corrected chi connectivity index (χ3v) is 6.77. The van der Waals surface area contributed by atoms with Crippen LogP contribution < -0.4 is 15.2 Å². The van der Waals surface area contributed by atoms with Gasteiger partial charge in [0, 0.05) is 26.7 Å². The number of para-hydroxylation sites is 1. The Morgan fingerprint density at radius 2 is 1.88 bits per heavy atom. The highest BCUT2D eigenvalue weighted by atomic mass is 32.2. The van der Waals surface area contributed by atoms with Crippen LogP contribution in [0.1, 0.15) is 12.6 Å². The van der Waals surface area contributed by atoms with Gasteiger partial charge in [0.15, 0.2) is 0 Å². The maximum absolute atomic E-state index is 13.1. The van der Waals surface area contributed by atoms with Gasteiger partial charge in [0.1, 0.15) is 11.4 Å². The van der Waals surface area contributed by atoms with Crippen LogP contribution >= 0.6 is 0 Å².